The Bertz CT molecular complexity index is 2800. The molecule has 10 aromatic rings. The van der Waals surface area contributed by atoms with Crippen molar-refractivity contribution in [1.29, 1.82) is 0 Å². The maximum Gasteiger partial charge on any atom is 0.0355 e. The topological polar surface area (TPSA) is 0 Å². The van der Waals surface area contributed by atoms with Gasteiger partial charge in [0, 0.05) is 40.3 Å². The zero-order valence-corrected chi connectivity index (χ0v) is 26.5. The number of benzene rings is 8. The van der Waals surface area contributed by atoms with E-state index in [4.69, 9.17) is 0 Å². The molecule has 0 unspecified atom stereocenters. The zero-order valence-electron chi connectivity index (χ0n) is 24.8. The van der Waals surface area contributed by atoms with Crippen molar-refractivity contribution >= 4 is 84.6 Å². The highest BCUT2D eigenvalue weighted by molar-refractivity contribution is 7.26. The fourth-order valence-electron chi connectivity index (χ4n) is 7.37. The van der Waals surface area contributed by atoms with Crippen LogP contribution in [0, 0.1) is 0 Å². The Morgan fingerprint density at radius 1 is 0.239 bits per heavy atom. The Morgan fingerprint density at radius 2 is 0.652 bits per heavy atom. The third kappa shape index (κ3) is 3.91. The number of hydrogen-bond donors (Lipinski definition) is 0. The highest BCUT2D eigenvalue weighted by atomic mass is 32.1. The molecule has 0 radical (unpaired) electrons. The van der Waals surface area contributed by atoms with E-state index in [1.54, 1.807) is 0 Å². The second-order valence-corrected chi connectivity index (χ2v) is 14.2. The van der Waals surface area contributed by atoms with Crippen LogP contribution < -0.4 is 0 Å². The van der Waals surface area contributed by atoms with Gasteiger partial charge in [-0.15, -0.1) is 22.7 Å². The summed E-state index contributed by atoms with van der Waals surface area (Å²) in [5.74, 6) is 0. The monoisotopic (exact) mass is 618 g/mol. The molecule has 0 atom stereocenters. The largest absolute Gasteiger partial charge is 0.135 e. The summed E-state index contributed by atoms with van der Waals surface area (Å²) in [5, 5.41) is 10.4. The minimum absolute atomic E-state index is 1.23. The Kier molecular flexibility index (Phi) is 5.72. The van der Waals surface area contributed by atoms with Gasteiger partial charge in [0.15, 0.2) is 0 Å². The molecular formula is C44H26S2. The average molecular weight is 619 g/mol. The molecule has 0 amide bonds. The normalized spacial score (nSPS) is 11.9. The van der Waals surface area contributed by atoms with Gasteiger partial charge in [-0.25, -0.2) is 0 Å². The molecule has 46 heavy (non-hydrogen) atoms. The van der Waals surface area contributed by atoms with Gasteiger partial charge >= 0.3 is 0 Å². The van der Waals surface area contributed by atoms with E-state index < -0.39 is 0 Å². The molecular weight excluding hydrogens is 593 g/mol. The van der Waals surface area contributed by atoms with Crippen LogP contribution in [0.3, 0.4) is 0 Å². The fourth-order valence-corrected chi connectivity index (χ4v) is 9.55. The summed E-state index contributed by atoms with van der Waals surface area (Å²) in [7, 11) is 0. The van der Waals surface area contributed by atoms with Crippen molar-refractivity contribution in [3.05, 3.63) is 158 Å². The third-order valence-corrected chi connectivity index (χ3v) is 11.8. The average Bonchev–Trinajstić information content (AvgIpc) is 3.68. The van der Waals surface area contributed by atoms with Crippen LogP contribution in [0.1, 0.15) is 0 Å². The van der Waals surface area contributed by atoms with Gasteiger partial charge in [0.05, 0.1) is 0 Å². The second-order valence-electron chi connectivity index (χ2n) is 12.0. The fraction of sp³-hybridized carbons (Fsp3) is 0. The van der Waals surface area contributed by atoms with Crippen molar-refractivity contribution in [2.24, 2.45) is 0 Å². The first-order valence-corrected chi connectivity index (χ1v) is 17.3. The molecule has 2 heterocycles. The van der Waals surface area contributed by atoms with Crippen molar-refractivity contribution in [3.63, 3.8) is 0 Å². The predicted octanol–water partition coefficient (Wildman–Crippen LogP) is 13.7. The van der Waals surface area contributed by atoms with Gasteiger partial charge in [0.1, 0.15) is 0 Å². The molecule has 0 aliphatic carbocycles. The standard InChI is InChI=1S/C44H26S2/c1-2-10-27(11-3-1)28-18-21-35-38(24-28)44(30-20-23-42-37(26-30)32-13-7-9-17-40(32)46-42)34-15-5-4-14-33(34)43(35)29-19-22-41-36(25-29)31-12-6-8-16-39(31)45-41/h1-26H. The van der Waals surface area contributed by atoms with Crippen LogP contribution in [0.2, 0.25) is 0 Å². The third-order valence-electron chi connectivity index (χ3n) is 9.46. The summed E-state index contributed by atoms with van der Waals surface area (Å²) in [6.45, 7) is 0. The van der Waals surface area contributed by atoms with Gasteiger partial charge in [-0.3, -0.25) is 0 Å². The summed E-state index contributed by atoms with van der Waals surface area (Å²) < 4.78 is 5.33. The maximum atomic E-state index is 2.42. The van der Waals surface area contributed by atoms with E-state index in [2.05, 4.69) is 158 Å². The van der Waals surface area contributed by atoms with Crippen molar-refractivity contribution in [2.45, 2.75) is 0 Å². The second kappa shape index (κ2) is 10.1. The molecule has 2 heteroatoms. The highest BCUT2D eigenvalue weighted by Crippen LogP contribution is 2.47. The molecule has 0 fully saturated rings. The van der Waals surface area contributed by atoms with E-state index in [1.807, 2.05) is 22.7 Å². The molecule has 0 aliphatic heterocycles. The van der Waals surface area contributed by atoms with Crippen LogP contribution in [0.4, 0.5) is 0 Å². The van der Waals surface area contributed by atoms with Crippen LogP contribution in [-0.2, 0) is 0 Å². The minimum Gasteiger partial charge on any atom is -0.135 e. The molecule has 2 aromatic heterocycles. The first kappa shape index (κ1) is 26.0. The number of fused-ring (bicyclic) bond motifs is 8. The summed E-state index contributed by atoms with van der Waals surface area (Å²) in [5.41, 5.74) is 7.58. The molecule has 0 bridgehead atoms. The van der Waals surface area contributed by atoms with Crippen LogP contribution in [0.25, 0.3) is 95.3 Å². The summed E-state index contributed by atoms with van der Waals surface area (Å²) in [6, 6.07) is 58.6. The van der Waals surface area contributed by atoms with Gasteiger partial charge in [-0.05, 0) is 97.4 Å². The molecule has 0 spiro atoms. The Hall–Kier alpha value is -5.28. The molecule has 0 saturated heterocycles. The van der Waals surface area contributed by atoms with Gasteiger partial charge in [0.25, 0.3) is 0 Å². The van der Waals surface area contributed by atoms with Gasteiger partial charge < -0.3 is 0 Å². The molecule has 0 nitrogen and oxygen atoms in total. The van der Waals surface area contributed by atoms with E-state index in [-0.39, 0.29) is 0 Å². The van der Waals surface area contributed by atoms with E-state index >= 15 is 0 Å². The summed E-state index contributed by atoms with van der Waals surface area (Å²) in [4.78, 5) is 0. The maximum absolute atomic E-state index is 2.42. The Morgan fingerprint density at radius 3 is 1.24 bits per heavy atom. The molecule has 10 rings (SSSR count). The molecule has 0 N–H and O–H groups in total. The SMILES string of the molecule is c1ccc(-c2ccc3c(-c4ccc5sc6ccccc6c5c4)c4ccccc4c(-c4ccc5sc6ccccc6c5c4)c3c2)cc1. The highest BCUT2D eigenvalue weighted by Gasteiger charge is 2.19. The van der Waals surface area contributed by atoms with Crippen molar-refractivity contribution in [3.8, 4) is 33.4 Å². The Balaban J connectivity index is 1.33. The van der Waals surface area contributed by atoms with Crippen LogP contribution in [0.15, 0.2) is 158 Å². The van der Waals surface area contributed by atoms with E-state index in [0.717, 1.165) is 0 Å². The van der Waals surface area contributed by atoms with E-state index in [1.165, 1.54) is 95.3 Å². The van der Waals surface area contributed by atoms with Gasteiger partial charge in [-0.1, -0.05) is 115 Å². The lowest BCUT2D eigenvalue weighted by atomic mass is 9.84. The number of rotatable bonds is 3. The van der Waals surface area contributed by atoms with E-state index in [9.17, 15) is 0 Å². The molecule has 8 aromatic carbocycles. The molecule has 0 aliphatic rings. The van der Waals surface area contributed by atoms with Crippen LogP contribution in [-0.4, -0.2) is 0 Å². The summed E-state index contributed by atoms with van der Waals surface area (Å²) in [6.07, 6.45) is 0. The smallest absolute Gasteiger partial charge is 0.0355 e. The zero-order chi connectivity index (χ0) is 30.2. The first-order chi connectivity index (χ1) is 22.8. The van der Waals surface area contributed by atoms with E-state index in [0.29, 0.717) is 0 Å². The minimum atomic E-state index is 1.23. The van der Waals surface area contributed by atoms with Gasteiger partial charge in [0.2, 0.25) is 0 Å². The Labute approximate surface area is 274 Å². The first-order valence-electron chi connectivity index (χ1n) is 15.7. The number of thiophene rings is 2. The molecule has 214 valence electrons. The van der Waals surface area contributed by atoms with Crippen molar-refractivity contribution < 1.29 is 0 Å². The van der Waals surface area contributed by atoms with Crippen LogP contribution in [0.5, 0.6) is 0 Å². The van der Waals surface area contributed by atoms with Gasteiger partial charge in [-0.2, -0.15) is 0 Å². The summed E-state index contributed by atoms with van der Waals surface area (Å²) >= 11 is 3.75. The lowest BCUT2D eigenvalue weighted by Gasteiger charge is -2.19. The molecule has 0 saturated carbocycles. The van der Waals surface area contributed by atoms with Crippen LogP contribution >= 0.6 is 22.7 Å². The van der Waals surface area contributed by atoms with Crippen molar-refractivity contribution in [2.75, 3.05) is 0 Å². The predicted molar refractivity (Wildman–Crippen MR) is 204 cm³/mol. The lowest BCUT2D eigenvalue weighted by molar-refractivity contribution is 1.64. The lowest BCUT2D eigenvalue weighted by Crippen LogP contribution is -1.92. The van der Waals surface area contributed by atoms with Crippen molar-refractivity contribution in [1.82, 2.24) is 0 Å². The number of hydrogen-bond acceptors (Lipinski definition) is 2. The quantitative estimate of drug-likeness (QED) is 0.173.